The van der Waals surface area contributed by atoms with E-state index in [9.17, 15) is 4.79 Å². The molecule has 1 heterocycles. The number of rotatable bonds is 7. The van der Waals surface area contributed by atoms with Crippen LogP contribution in [0, 0.1) is 11.8 Å². The van der Waals surface area contributed by atoms with Gasteiger partial charge in [0.1, 0.15) is 5.02 Å². The Balaban J connectivity index is 2.84. The fourth-order valence-corrected chi connectivity index (χ4v) is 2.29. The molecule has 0 fully saturated rings. The van der Waals surface area contributed by atoms with E-state index < -0.39 is 0 Å². The Bertz CT molecular complexity index is 513. The maximum Gasteiger partial charge on any atom is 0.287 e. The number of nitrogens with two attached hydrogens (primary N) is 1. The standard InChI is InChI=1S/C15H27ClN4O/c1-10(2)9-20-15(21)14(16)13(8-18-20)19(5)7-6-12(17)11(3)4/h8,10-12H,6-7,9,17H2,1-5H3. The molecule has 0 aliphatic carbocycles. The molecule has 1 aromatic rings. The van der Waals surface area contributed by atoms with Crippen LogP contribution in [0.5, 0.6) is 0 Å². The minimum absolute atomic E-state index is 0.139. The molecule has 0 spiro atoms. The van der Waals surface area contributed by atoms with Crippen LogP contribution < -0.4 is 16.2 Å². The highest BCUT2D eigenvalue weighted by atomic mass is 35.5. The Hall–Kier alpha value is -1.07. The lowest BCUT2D eigenvalue weighted by Gasteiger charge is -2.23. The maximum atomic E-state index is 12.2. The van der Waals surface area contributed by atoms with E-state index in [1.165, 1.54) is 4.68 Å². The topological polar surface area (TPSA) is 64.2 Å². The van der Waals surface area contributed by atoms with E-state index in [0.29, 0.717) is 24.1 Å². The largest absolute Gasteiger partial charge is 0.372 e. The number of hydrogen-bond donors (Lipinski definition) is 1. The summed E-state index contributed by atoms with van der Waals surface area (Å²) >= 11 is 6.21. The Morgan fingerprint density at radius 2 is 2.00 bits per heavy atom. The second-order valence-corrected chi connectivity index (χ2v) is 6.72. The zero-order valence-electron chi connectivity index (χ0n) is 13.6. The van der Waals surface area contributed by atoms with Gasteiger partial charge in [0.2, 0.25) is 0 Å². The molecule has 6 heteroatoms. The lowest BCUT2D eigenvalue weighted by Crippen LogP contribution is -2.33. The number of halogens is 1. The number of aromatic nitrogens is 2. The fourth-order valence-electron chi connectivity index (χ4n) is 1.99. The molecular weight excluding hydrogens is 288 g/mol. The van der Waals surface area contributed by atoms with Crippen molar-refractivity contribution in [2.45, 2.75) is 46.7 Å². The van der Waals surface area contributed by atoms with Crippen molar-refractivity contribution in [1.29, 1.82) is 0 Å². The van der Waals surface area contributed by atoms with Crippen LogP contribution in [0.25, 0.3) is 0 Å². The van der Waals surface area contributed by atoms with E-state index in [2.05, 4.69) is 18.9 Å². The van der Waals surface area contributed by atoms with Crippen LogP contribution in [0.2, 0.25) is 5.02 Å². The van der Waals surface area contributed by atoms with Crippen LogP contribution in [-0.4, -0.2) is 29.4 Å². The normalized spacial score (nSPS) is 13.0. The van der Waals surface area contributed by atoms with Gasteiger partial charge in [-0.2, -0.15) is 5.10 Å². The molecule has 1 aromatic heterocycles. The van der Waals surface area contributed by atoms with Crippen LogP contribution >= 0.6 is 11.6 Å². The first-order valence-electron chi connectivity index (χ1n) is 7.46. The lowest BCUT2D eigenvalue weighted by atomic mass is 10.0. The third-order valence-electron chi connectivity index (χ3n) is 3.57. The van der Waals surface area contributed by atoms with E-state index in [1.54, 1.807) is 6.20 Å². The van der Waals surface area contributed by atoms with Crippen molar-refractivity contribution in [2.24, 2.45) is 17.6 Å². The van der Waals surface area contributed by atoms with E-state index in [0.717, 1.165) is 13.0 Å². The van der Waals surface area contributed by atoms with Gasteiger partial charge in [-0.1, -0.05) is 39.3 Å². The molecular formula is C15H27ClN4O. The summed E-state index contributed by atoms with van der Waals surface area (Å²) in [6.07, 6.45) is 2.51. The first kappa shape index (κ1) is 18.0. The van der Waals surface area contributed by atoms with Crippen LogP contribution in [0.1, 0.15) is 34.1 Å². The molecule has 1 unspecified atom stereocenters. The van der Waals surface area contributed by atoms with Gasteiger partial charge in [0.05, 0.1) is 11.9 Å². The summed E-state index contributed by atoms with van der Waals surface area (Å²) in [7, 11) is 1.90. The van der Waals surface area contributed by atoms with E-state index in [1.807, 2.05) is 25.8 Å². The van der Waals surface area contributed by atoms with Crippen LogP contribution in [0.4, 0.5) is 5.69 Å². The average Bonchev–Trinajstić information content (AvgIpc) is 2.40. The zero-order chi connectivity index (χ0) is 16.2. The minimum atomic E-state index is -0.233. The Morgan fingerprint density at radius 1 is 1.38 bits per heavy atom. The first-order chi connectivity index (χ1) is 9.73. The highest BCUT2D eigenvalue weighted by Gasteiger charge is 2.15. The maximum absolute atomic E-state index is 12.2. The van der Waals surface area contributed by atoms with Crippen LogP contribution in [0.15, 0.2) is 11.0 Å². The summed E-state index contributed by atoms with van der Waals surface area (Å²) in [5.41, 5.74) is 6.48. The third-order valence-corrected chi connectivity index (χ3v) is 3.93. The fraction of sp³-hybridized carbons (Fsp3) is 0.733. The molecule has 2 N–H and O–H groups in total. The molecule has 0 radical (unpaired) electrons. The summed E-state index contributed by atoms with van der Waals surface area (Å²) < 4.78 is 1.42. The molecule has 0 aromatic carbocycles. The number of anilines is 1. The molecule has 1 rings (SSSR count). The highest BCUT2D eigenvalue weighted by Crippen LogP contribution is 2.20. The highest BCUT2D eigenvalue weighted by molar-refractivity contribution is 6.33. The molecule has 0 saturated heterocycles. The monoisotopic (exact) mass is 314 g/mol. The SMILES string of the molecule is CC(C)Cn1ncc(N(C)CCC(N)C(C)C)c(Cl)c1=O. The first-order valence-corrected chi connectivity index (χ1v) is 7.84. The minimum Gasteiger partial charge on any atom is -0.372 e. The lowest BCUT2D eigenvalue weighted by molar-refractivity contribution is 0.460. The van der Waals surface area contributed by atoms with Crippen molar-refractivity contribution in [1.82, 2.24) is 9.78 Å². The van der Waals surface area contributed by atoms with Crippen molar-refractivity contribution >= 4 is 17.3 Å². The van der Waals surface area contributed by atoms with Crippen molar-refractivity contribution in [2.75, 3.05) is 18.5 Å². The predicted molar refractivity (Wildman–Crippen MR) is 89.0 cm³/mol. The summed E-state index contributed by atoms with van der Waals surface area (Å²) in [5, 5.41) is 4.44. The van der Waals surface area contributed by atoms with E-state index >= 15 is 0 Å². The zero-order valence-corrected chi connectivity index (χ0v) is 14.4. The molecule has 0 bridgehead atoms. The predicted octanol–water partition coefficient (Wildman–Crippen LogP) is 2.36. The summed E-state index contributed by atoms with van der Waals surface area (Å²) in [4.78, 5) is 14.1. The molecule has 1 atom stereocenters. The van der Waals surface area contributed by atoms with Crippen molar-refractivity contribution in [3.8, 4) is 0 Å². The Morgan fingerprint density at radius 3 is 2.52 bits per heavy atom. The molecule has 0 aliphatic heterocycles. The van der Waals surface area contributed by atoms with Gasteiger partial charge in [-0.15, -0.1) is 0 Å². The number of nitrogens with zero attached hydrogens (tertiary/aromatic N) is 3. The quantitative estimate of drug-likeness (QED) is 0.839. The third kappa shape index (κ3) is 5.00. The Kier molecular flexibility index (Phi) is 6.68. The van der Waals surface area contributed by atoms with Gasteiger partial charge in [0.15, 0.2) is 0 Å². The Labute approximate surface area is 132 Å². The average molecular weight is 315 g/mol. The van der Waals surface area contributed by atoms with Gasteiger partial charge in [0, 0.05) is 26.2 Å². The van der Waals surface area contributed by atoms with E-state index in [4.69, 9.17) is 17.3 Å². The van der Waals surface area contributed by atoms with Gasteiger partial charge in [0.25, 0.3) is 5.56 Å². The van der Waals surface area contributed by atoms with Crippen molar-refractivity contribution in [3.05, 3.63) is 21.6 Å². The van der Waals surface area contributed by atoms with Crippen LogP contribution in [0.3, 0.4) is 0 Å². The van der Waals surface area contributed by atoms with Crippen LogP contribution in [-0.2, 0) is 6.54 Å². The smallest absolute Gasteiger partial charge is 0.287 e. The summed E-state index contributed by atoms with van der Waals surface area (Å²) in [5.74, 6) is 0.782. The summed E-state index contributed by atoms with van der Waals surface area (Å²) in [6.45, 7) is 9.60. The second kappa shape index (κ2) is 7.80. The number of hydrogen-bond acceptors (Lipinski definition) is 4. The summed E-state index contributed by atoms with van der Waals surface area (Å²) in [6, 6.07) is 0.139. The van der Waals surface area contributed by atoms with Gasteiger partial charge in [-0.3, -0.25) is 4.79 Å². The van der Waals surface area contributed by atoms with Gasteiger partial charge in [-0.25, -0.2) is 4.68 Å². The van der Waals surface area contributed by atoms with Gasteiger partial charge < -0.3 is 10.6 Å². The van der Waals surface area contributed by atoms with Gasteiger partial charge >= 0.3 is 0 Å². The molecule has 120 valence electrons. The molecule has 0 saturated carbocycles. The van der Waals surface area contributed by atoms with E-state index in [-0.39, 0.29) is 16.6 Å². The molecule has 21 heavy (non-hydrogen) atoms. The van der Waals surface area contributed by atoms with Crippen molar-refractivity contribution < 1.29 is 0 Å². The molecule has 5 nitrogen and oxygen atoms in total. The molecule has 0 aliphatic rings. The van der Waals surface area contributed by atoms with Crippen molar-refractivity contribution in [3.63, 3.8) is 0 Å². The second-order valence-electron chi connectivity index (χ2n) is 6.34. The molecule has 0 amide bonds. The van der Waals surface area contributed by atoms with Gasteiger partial charge in [-0.05, 0) is 18.3 Å².